The lowest BCUT2D eigenvalue weighted by atomic mass is 10.1. The van der Waals surface area contributed by atoms with E-state index in [0.717, 1.165) is 26.5 Å². The number of carbonyl (C=O) groups is 2. The molecule has 5 nitrogen and oxygen atoms in total. The van der Waals surface area contributed by atoms with Crippen molar-refractivity contribution in [1.82, 2.24) is 4.90 Å². The highest BCUT2D eigenvalue weighted by atomic mass is 127. The molecule has 1 fully saturated rings. The van der Waals surface area contributed by atoms with Crippen LogP contribution in [0.2, 0.25) is 0 Å². The third-order valence-corrected chi connectivity index (χ3v) is 5.60. The van der Waals surface area contributed by atoms with Crippen molar-refractivity contribution in [2.24, 2.45) is 0 Å². The number of imide groups is 1. The molecule has 1 aliphatic rings. The number of rotatable bonds is 7. The molecule has 0 unspecified atom stereocenters. The fraction of sp³-hybridized carbons (Fsp3) is 0.143. The molecule has 0 radical (unpaired) electrons. The Kier molecular flexibility index (Phi) is 6.79. The molecule has 0 aliphatic carbocycles. The lowest BCUT2D eigenvalue weighted by Gasteiger charge is -2.12. The van der Waals surface area contributed by atoms with Gasteiger partial charge in [-0.05, 0) is 75.8 Å². The van der Waals surface area contributed by atoms with E-state index in [9.17, 15) is 9.59 Å². The van der Waals surface area contributed by atoms with E-state index in [0.29, 0.717) is 23.0 Å². The number of benzene rings is 2. The van der Waals surface area contributed by atoms with Crippen LogP contribution in [0.15, 0.2) is 60.0 Å². The van der Waals surface area contributed by atoms with Crippen molar-refractivity contribution in [1.29, 1.82) is 0 Å². The average molecular weight is 507 g/mol. The molecule has 1 heterocycles. The van der Waals surface area contributed by atoms with Crippen LogP contribution in [0.3, 0.4) is 0 Å². The zero-order valence-electron chi connectivity index (χ0n) is 15.2. The van der Waals surface area contributed by atoms with Crippen molar-refractivity contribution in [3.63, 3.8) is 0 Å². The molecule has 2 amide bonds. The quantitative estimate of drug-likeness (QED) is 0.297. The minimum absolute atomic E-state index is 0.260. The summed E-state index contributed by atoms with van der Waals surface area (Å²) >= 11 is 3.16. The number of hydrogen-bond donors (Lipinski definition) is 0. The van der Waals surface area contributed by atoms with Crippen molar-refractivity contribution in [3.05, 3.63) is 74.7 Å². The SMILES string of the molecule is C=CCOc1ccc(/C=C2\SC(=O)N(Cc3ccc(I)cc3)C2=O)cc1OC. The van der Waals surface area contributed by atoms with Gasteiger partial charge in [0.15, 0.2) is 11.5 Å². The van der Waals surface area contributed by atoms with Crippen molar-refractivity contribution < 1.29 is 19.1 Å². The maximum atomic E-state index is 12.7. The highest BCUT2D eigenvalue weighted by molar-refractivity contribution is 14.1. The van der Waals surface area contributed by atoms with Crippen LogP contribution in [-0.4, -0.2) is 29.8 Å². The van der Waals surface area contributed by atoms with Gasteiger partial charge in [-0.25, -0.2) is 0 Å². The van der Waals surface area contributed by atoms with Gasteiger partial charge in [0.1, 0.15) is 6.61 Å². The molecule has 144 valence electrons. The molecular weight excluding hydrogens is 489 g/mol. The highest BCUT2D eigenvalue weighted by Crippen LogP contribution is 2.35. The smallest absolute Gasteiger partial charge is 0.293 e. The van der Waals surface area contributed by atoms with Gasteiger partial charge in [-0.1, -0.05) is 30.9 Å². The van der Waals surface area contributed by atoms with Crippen molar-refractivity contribution in [2.75, 3.05) is 13.7 Å². The molecule has 1 aliphatic heterocycles. The van der Waals surface area contributed by atoms with Gasteiger partial charge >= 0.3 is 0 Å². The van der Waals surface area contributed by atoms with Crippen LogP contribution in [-0.2, 0) is 11.3 Å². The number of ether oxygens (including phenoxy) is 2. The number of nitrogens with zero attached hydrogens (tertiary/aromatic N) is 1. The van der Waals surface area contributed by atoms with Crippen molar-refractivity contribution >= 4 is 51.6 Å². The number of hydrogen-bond acceptors (Lipinski definition) is 5. The van der Waals surface area contributed by atoms with Crippen LogP contribution in [0.4, 0.5) is 4.79 Å². The van der Waals surface area contributed by atoms with Gasteiger partial charge in [-0.15, -0.1) is 0 Å². The Morgan fingerprint density at radius 2 is 1.89 bits per heavy atom. The van der Waals surface area contributed by atoms with Crippen LogP contribution in [0.5, 0.6) is 11.5 Å². The molecule has 0 bridgehead atoms. The van der Waals surface area contributed by atoms with Gasteiger partial charge in [0.25, 0.3) is 11.1 Å². The molecule has 2 aromatic rings. The summed E-state index contributed by atoms with van der Waals surface area (Å²) in [4.78, 5) is 26.7. The Morgan fingerprint density at radius 1 is 1.14 bits per heavy atom. The molecular formula is C21H18INO4S. The Balaban J connectivity index is 1.79. The standard InChI is InChI=1S/C21H18INO4S/c1-3-10-27-17-9-6-15(11-18(17)26-2)12-19-20(24)23(21(25)28-19)13-14-4-7-16(22)8-5-14/h3-9,11-12H,1,10,13H2,2H3/b19-12-. The predicted octanol–water partition coefficient (Wildman–Crippen LogP) is 5.10. The summed E-state index contributed by atoms with van der Waals surface area (Å²) in [5.74, 6) is 0.847. The molecule has 7 heteroatoms. The van der Waals surface area contributed by atoms with E-state index in [4.69, 9.17) is 9.47 Å². The van der Waals surface area contributed by atoms with E-state index >= 15 is 0 Å². The third kappa shape index (κ3) is 4.77. The Hall–Kier alpha value is -2.26. The van der Waals surface area contributed by atoms with Crippen LogP contribution in [0.1, 0.15) is 11.1 Å². The first-order valence-electron chi connectivity index (χ1n) is 8.43. The topological polar surface area (TPSA) is 55.8 Å². The summed E-state index contributed by atoms with van der Waals surface area (Å²) in [6.45, 7) is 4.25. The largest absolute Gasteiger partial charge is 0.493 e. The Bertz CT molecular complexity index is 940. The van der Waals surface area contributed by atoms with Crippen molar-refractivity contribution in [2.45, 2.75) is 6.54 Å². The molecule has 2 aromatic carbocycles. The van der Waals surface area contributed by atoms with Gasteiger partial charge < -0.3 is 9.47 Å². The number of amides is 2. The minimum Gasteiger partial charge on any atom is -0.493 e. The third-order valence-electron chi connectivity index (χ3n) is 3.97. The van der Waals surface area contributed by atoms with Crippen LogP contribution >= 0.6 is 34.4 Å². The zero-order chi connectivity index (χ0) is 20.1. The normalized spacial score (nSPS) is 15.2. The van der Waals surface area contributed by atoms with E-state index < -0.39 is 0 Å². The summed E-state index contributed by atoms with van der Waals surface area (Å²) in [6.07, 6.45) is 3.34. The second-order valence-corrected chi connectivity index (χ2v) is 8.14. The van der Waals surface area contributed by atoms with Gasteiger partial charge in [0.2, 0.25) is 0 Å². The van der Waals surface area contributed by atoms with Crippen LogP contribution < -0.4 is 9.47 Å². The first-order chi connectivity index (χ1) is 13.5. The monoisotopic (exact) mass is 507 g/mol. The Labute approximate surface area is 181 Å². The molecule has 0 saturated carbocycles. The lowest BCUT2D eigenvalue weighted by molar-refractivity contribution is -0.123. The maximum Gasteiger partial charge on any atom is 0.293 e. The molecule has 28 heavy (non-hydrogen) atoms. The fourth-order valence-corrected chi connectivity index (χ4v) is 3.80. The van der Waals surface area contributed by atoms with E-state index in [1.54, 1.807) is 31.4 Å². The predicted molar refractivity (Wildman–Crippen MR) is 119 cm³/mol. The highest BCUT2D eigenvalue weighted by Gasteiger charge is 2.35. The number of halogens is 1. The lowest BCUT2D eigenvalue weighted by Crippen LogP contribution is -2.27. The molecule has 3 rings (SSSR count). The van der Waals surface area contributed by atoms with E-state index in [-0.39, 0.29) is 17.7 Å². The number of methoxy groups -OCH3 is 1. The summed E-state index contributed by atoms with van der Waals surface area (Å²) in [5, 5.41) is -0.271. The number of thioether (sulfide) groups is 1. The van der Waals surface area contributed by atoms with E-state index in [1.807, 2.05) is 30.3 Å². The van der Waals surface area contributed by atoms with E-state index in [1.165, 1.54) is 4.90 Å². The summed E-state index contributed by atoms with van der Waals surface area (Å²) in [6, 6.07) is 13.1. The molecule has 0 spiro atoms. The fourth-order valence-electron chi connectivity index (χ4n) is 2.60. The van der Waals surface area contributed by atoms with Crippen LogP contribution in [0, 0.1) is 3.57 Å². The number of carbonyl (C=O) groups excluding carboxylic acids is 2. The summed E-state index contributed by atoms with van der Waals surface area (Å²) in [5.41, 5.74) is 1.66. The molecule has 0 aromatic heterocycles. The van der Waals surface area contributed by atoms with Crippen LogP contribution in [0.25, 0.3) is 6.08 Å². The van der Waals surface area contributed by atoms with E-state index in [2.05, 4.69) is 29.2 Å². The van der Waals surface area contributed by atoms with Gasteiger partial charge in [0, 0.05) is 3.57 Å². The van der Waals surface area contributed by atoms with Gasteiger partial charge in [0.05, 0.1) is 18.6 Å². The first-order valence-corrected chi connectivity index (χ1v) is 10.3. The summed E-state index contributed by atoms with van der Waals surface area (Å²) in [7, 11) is 1.55. The minimum atomic E-state index is -0.292. The van der Waals surface area contributed by atoms with Crippen molar-refractivity contribution in [3.8, 4) is 11.5 Å². The average Bonchev–Trinajstić information content (AvgIpc) is 2.95. The zero-order valence-corrected chi connectivity index (χ0v) is 18.2. The molecule has 0 N–H and O–H groups in total. The molecule has 1 saturated heterocycles. The first kappa shape index (κ1) is 20.5. The Morgan fingerprint density at radius 3 is 2.57 bits per heavy atom. The second-order valence-electron chi connectivity index (χ2n) is 5.90. The summed E-state index contributed by atoms with van der Waals surface area (Å²) < 4.78 is 12.0. The van der Waals surface area contributed by atoms with Gasteiger partial charge in [-0.3, -0.25) is 14.5 Å². The second kappa shape index (κ2) is 9.29. The molecule has 0 atom stereocenters. The maximum absolute atomic E-state index is 12.7. The van der Waals surface area contributed by atoms with Gasteiger partial charge in [-0.2, -0.15) is 0 Å².